The smallest absolute Gasteiger partial charge is 0.407 e. The number of amides is 1. The highest BCUT2D eigenvalue weighted by Crippen LogP contribution is 2.37. The van der Waals surface area contributed by atoms with Gasteiger partial charge in [-0.2, -0.15) is 0 Å². The molecule has 0 saturated heterocycles. The number of hydrogen-bond acceptors (Lipinski definition) is 3. The predicted octanol–water partition coefficient (Wildman–Crippen LogP) is 3.49. The lowest BCUT2D eigenvalue weighted by Gasteiger charge is -2.39. The Hall–Kier alpha value is -0.853. The molecule has 0 aliphatic carbocycles. The fraction of sp³-hybridized carbons (Fsp3) is 0.733. The van der Waals surface area contributed by atoms with Gasteiger partial charge in [-0.15, -0.1) is 11.6 Å². The molecule has 22 heavy (non-hydrogen) atoms. The van der Waals surface area contributed by atoms with E-state index in [0.29, 0.717) is 18.6 Å². The highest BCUT2D eigenvalue weighted by atomic mass is 35.5. The van der Waals surface area contributed by atoms with Gasteiger partial charge in [-0.3, -0.25) is 9.69 Å². The zero-order valence-corrected chi connectivity index (χ0v) is 15.7. The van der Waals surface area contributed by atoms with Crippen molar-refractivity contribution < 1.29 is 19.1 Å². The third-order valence-corrected chi connectivity index (χ3v) is 9.34. The van der Waals surface area contributed by atoms with E-state index < -0.39 is 14.4 Å². The molecule has 0 aromatic rings. The first kappa shape index (κ1) is 19.2. The highest BCUT2D eigenvalue weighted by Gasteiger charge is 2.39. The van der Waals surface area contributed by atoms with Gasteiger partial charge in [0, 0.05) is 6.54 Å². The molecule has 0 unspecified atom stereocenters. The standard InChI is InChI=1S/C15H26ClNO4Si/c1-15(2,3)22(4,5)21-10-12-8-11(13(18)9-16)6-7-17(12)14(19)20/h6,12H,7-10H2,1-5H3,(H,19,20)/t12-/m1/s1. The van der Waals surface area contributed by atoms with Gasteiger partial charge in [-0.05, 0) is 30.1 Å². The van der Waals surface area contributed by atoms with Gasteiger partial charge in [0.15, 0.2) is 14.1 Å². The summed E-state index contributed by atoms with van der Waals surface area (Å²) in [6, 6.07) is -0.334. The molecule has 0 aromatic heterocycles. The molecular formula is C15H26ClNO4Si. The van der Waals surface area contributed by atoms with Gasteiger partial charge >= 0.3 is 6.09 Å². The Morgan fingerprint density at radius 1 is 1.45 bits per heavy atom. The van der Waals surface area contributed by atoms with E-state index in [1.165, 1.54) is 4.90 Å². The molecule has 1 aliphatic rings. The summed E-state index contributed by atoms with van der Waals surface area (Å²) in [5.41, 5.74) is 0.608. The van der Waals surface area contributed by atoms with E-state index in [1.54, 1.807) is 6.08 Å². The van der Waals surface area contributed by atoms with Crippen molar-refractivity contribution in [2.75, 3.05) is 19.0 Å². The van der Waals surface area contributed by atoms with Crippen molar-refractivity contribution >= 4 is 31.8 Å². The summed E-state index contributed by atoms with van der Waals surface area (Å²) in [5, 5.41) is 9.38. The minimum atomic E-state index is -1.96. The van der Waals surface area contributed by atoms with E-state index in [2.05, 4.69) is 33.9 Å². The van der Waals surface area contributed by atoms with Gasteiger partial charge in [-0.25, -0.2) is 4.79 Å². The molecule has 5 nitrogen and oxygen atoms in total. The molecule has 126 valence electrons. The van der Waals surface area contributed by atoms with Crippen molar-refractivity contribution in [3.63, 3.8) is 0 Å². The zero-order chi connectivity index (χ0) is 17.1. The van der Waals surface area contributed by atoms with E-state index in [9.17, 15) is 14.7 Å². The van der Waals surface area contributed by atoms with E-state index in [-0.39, 0.29) is 29.3 Å². The van der Waals surface area contributed by atoms with E-state index in [1.807, 2.05) is 0 Å². The summed E-state index contributed by atoms with van der Waals surface area (Å²) in [6.07, 6.45) is 1.03. The zero-order valence-electron chi connectivity index (χ0n) is 14.0. The van der Waals surface area contributed by atoms with Crippen LogP contribution in [0, 0.1) is 0 Å². The molecular weight excluding hydrogens is 322 g/mol. The van der Waals surface area contributed by atoms with Crippen LogP contribution in [0.25, 0.3) is 0 Å². The topological polar surface area (TPSA) is 66.8 Å². The molecule has 0 fully saturated rings. The van der Waals surface area contributed by atoms with Crippen LogP contribution in [-0.2, 0) is 9.22 Å². The summed E-state index contributed by atoms with van der Waals surface area (Å²) >= 11 is 5.60. The minimum Gasteiger partial charge on any atom is -0.465 e. The number of alkyl halides is 1. The summed E-state index contributed by atoms with van der Waals surface area (Å²) < 4.78 is 6.14. The van der Waals surface area contributed by atoms with E-state index >= 15 is 0 Å². The molecule has 0 saturated carbocycles. The Kier molecular flexibility index (Phi) is 6.24. The van der Waals surface area contributed by atoms with Crippen LogP contribution in [0.15, 0.2) is 11.6 Å². The van der Waals surface area contributed by atoms with Crippen molar-refractivity contribution in [3.8, 4) is 0 Å². The Morgan fingerprint density at radius 2 is 2.05 bits per heavy atom. The number of carboxylic acid groups (broad SMARTS) is 1. The number of halogens is 1. The van der Waals surface area contributed by atoms with E-state index in [0.717, 1.165) is 0 Å². The molecule has 1 aliphatic heterocycles. The lowest BCUT2D eigenvalue weighted by atomic mass is 9.98. The monoisotopic (exact) mass is 347 g/mol. The molecule has 0 aromatic carbocycles. The average Bonchev–Trinajstić information content (AvgIpc) is 2.42. The SMILES string of the molecule is CC(C)(C)[Si](C)(C)OC[C@H]1CC(C(=O)CCl)=CCN1C(=O)O. The molecule has 0 spiro atoms. The summed E-state index contributed by atoms with van der Waals surface area (Å²) in [4.78, 5) is 24.5. The number of Topliss-reactive ketones (excluding diaryl/α,β-unsaturated/α-hetero) is 1. The fourth-order valence-electron chi connectivity index (χ4n) is 2.02. The average molecular weight is 348 g/mol. The first-order valence-corrected chi connectivity index (χ1v) is 10.9. The number of ketones is 1. The maximum Gasteiger partial charge on any atom is 0.407 e. The van der Waals surface area contributed by atoms with Crippen LogP contribution in [0.5, 0.6) is 0 Å². The first-order valence-electron chi connectivity index (χ1n) is 7.41. The molecule has 0 bridgehead atoms. The normalized spacial score (nSPS) is 19.8. The van der Waals surface area contributed by atoms with Crippen LogP contribution in [0.2, 0.25) is 18.1 Å². The van der Waals surface area contributed by atoms with Crippen molar-refractivity contribution in [3.05, 3.63) is 11.6 Å². The summed E-state index contributed by atoms with van der Waals surface area (Å²) in [5.74, 6) is -0.210. The minimum absolute atomic E-state index is 0.0559. The number of carbonyl (C=O) groups is 2. The van der Waals surface area contributed by atoms with Gasteiger partial charge in [0.1, 0.15) is 0 Å². The van der Waals surface area contributed by atoms with Crippen molar-refractivity contribution in [1.29, 1.82) is 0 Å². The molecule has 1 heterocycles. The maximum atomic E-state index is 11.8. The van der Waals surface area contributed by atoms with Gasteiger partial charge in [-0.1, -0.05) is 26.8 Å². The predicted molar refractivity (Wildman–Crippen MR) is 90.1 cm³/mol. The second kappa shape index (κ2) is 7.15. The second-order valence-electron chi connectivity index (χ2n) is 7.15. The Morgan fingerprint density at radius 3 is 2.50 bits per heavy atom. The Bertz CT molecular complexity index is 471. The quantitative estimate of drug-likeness (QED) is 0.610. The molecule has 0 radical (unpaired) electrons. The van der Waals surface area contributed by atoms with Crippen LogP contribution in [-0.4, -0.2) is 55.3 Å². The van der Waals surface area contributed by atoms with E-state index in [4.69, 9.17) is 16.0 Å². The molecule has 1 amide bonds. The van der Waals surface area contributed by atoms with Gasteiger partial charge < -0.3 is 9.53 Å². The number of carbonyl (C=O) groups excluding carboxylic acids is 1. The molecule has 1 rings (SSSR count). The fourth-order valence-corrected chi connectivity index (χ4v) is 3.24. The third-order valence-electron chi connectivity index (χ3n) is 4.60. The van der Waals surface area contributed by atoms with Crippen LogP contribution in [0.4, 0.5) is 4.79 Å². The second-order valence-corrected chi connectivity index (χ2v) is 12.2. The Labute approximate surface area is 138 Å². The van der Waals surface area contributed by atoms with Crippen LogP contribution < -0.4 is 0 Å². The number of rotatable bonds is 5. The lowest BCUT2D eigenvalue weighted by molar-refractivity contribution is -0.113. The van der Waals surface area contributed by atoms with Gasteiger partial charge in [0.2, 0.25) is 0 Å². The van der Waals surface area contributed by atoms with Gasteiger partial charge in [0.05, 0.1) is 18.5 Å². The van der Waals surface area contributed by atoms with Crippen molar-refractivity contribution in [1.82, 2.24) is 4.90 Å². The van der Waals surface area contributed by atoms with Crippen LogP contribution in [0.1, 0.15) is 27.2 Å². The Balaban J connectivity index is 2.83. The third kappa shape index (κ3) is 4.57. The summed E-state index contributed by atoms with van der Waals surface area (Å²) in [7, 11) is -1.96. The molecule has 7 heteroatoms. The first-order chi connectivity index (χ1) is 9.99. The molecule has 1 atom stereocenters. The van der Waals surface area contributed by atoms with Crippen molar-refractivity contribution in [2.45, 2.75) is 51.4 Å². The van der Waals surface area contributed by atoms with Gasteiger partial charge in [0.25, 0.3) is 0 Å². The number of nitrogens with zero attached hydrogens (tertiary/aromatic N) is 1. The van der Waals surface area contributed by atoms with Crippen LogP contribution in [0.3, 0.4) is 0 Å². The highest BCUT2D eigenvalue weighted by molar-refractivity contribution is 6.74. The molecule has 1 N–H and O–H groups in total. The lowest BCUT2D eigenvalue weighted by Crippen LogP contribution is -2.49. The van der Waals surface area contributed by atoms with Crippen LogP contribution >= 0.6 is 11.6 Å². The maximum absolute atomic E-state index is 11.8. The summed E-state index contributed by atoms with van der Waals surface area (Å²) in [6.45, 7) is 11.2. The largest absolute Gasteiger partial charge is 0.465 e. The van der Waals surface area contributed by atoms with Crippen molar-refractivity contribution in [2.24, 2.45) is 0 Å². The number of hydrogen-bond donors (Lipinski definition) is 1.